The van der Waals surface area contributed by atoms with Crippen molar-refractivity contribution in [2.45, 2.75) is 46.6 Å². The summed E-state index contributed by atoms with van der Waals surface area (Å²) in [6.07, 6.45) is 1.30. The minimum atomic E-state index is -0.502. The van der Waals surface area contributed by atoms with Crippen molar-refractivity contribution in [1.82, 2.24) is 10.2 Å². The molecule has 0 aromatic rings. The number of likely N-dealkylation sites (tertiary alicyclic amines) is 1. The van der Waals surface area contributed by atoms with E-state index in [1.54, 1.807) is 4.90 Å². The number of carbonyl (C=O) groups excluding carboxylic acids is 2. The first kappa shape index (κ1) is 13.5. The van der Waals surface area contributed by atoms with Crippen LogP contribution in [0.1, 0.15) is 40.5 Å². The number of carbonyl (C=O) groups is 2. The van der Waals surface area contributed by atoms with Gasteiger partial charge in [0.25, 0.3) is 0 Å². The van der Waals surface area contributed by atoms with Crippen molar-refractivity contribution < 1.29 is 9.59 Å². The Morgan fingerprint density at radius 3 is 2.50 bits per heavy atom. The van der Waals surface area contributed by atoms with Gasteiger partial charge in [-0.25, -0.2) is 0 Å². The van der Waals surface area contributed by atoms with Crippen LogP contribution in [-0.4, -0.2) is 35.8 Å². The van der Waals surface area contributed by atoms with E-state index >= 15 is 0 Å². The number of rotatable bonds is 2. The van der Waals surface area contributed by atoms with Crippen molar-refractivity contribution in [3.8, 4) is 0 Å². The molecule has 2 aliphatic rings. The van der Waals surface area contributed by atoms with Gasteiger partial charge < -0.3 is 5.32 Å². The first-order valence-electron chi connectivity index (χ1n) is 6.93. The molecule has 0 saturated carbocycles. The van der Waals surface area contributed by atoms with Crippen molar-refractivity contribution >= 4 is 11.8 Å². The third kappa shape index (κ3) is 2.07. The highest BCUT2D eigenvalue weighted by molar-refractivity contribution is 6.06. The Balaban J connectivity index is 2.19. The zero-order valence-corrected chi connectivity index (χ0v) is 11.8. The summed E-state index contributed by atoms with van der Waals surface area (Å²) in [5.74, 6) is 0.767. The molecule has 102 valence electrons. The van der Waals surface area contributed by atoms with Gasteiger partial charge >= 0.3 is 0 Å². The molecule has 3 unspecified atom stereocenters. The second kappa shape index (κ2) is 4.65. The fourth-order valence-electron chi connectivity index (χ4n) is 3.01. The molecule has 0 aliphatic carbocycles. The third-order valence-corrected chi connectivity index (χ3v) is 4.68. The van der Waals surface area contributed by atoms with E-state index in [2.05, 4.69) is 12.2 Å². The Morgan fingerprint density at radius 1 is 1.33 bits per heavy atom. The van der Waals surface area contributed by atoms with E-state index in [1.165, 1.54) is 0 Å². The minimum absolute atomic E-state index is 0.0112. The standard InChI is InChI=1S/C14H24N2O2/c1-9(2)14(4)6-12(17)16(13(14)18)11-5-10(3)7-15-8-11/h9-11,15H,5-8H2,1-4H3. The van der Waals surface area contributed by atoms with Crippen LogP contribution in [0.4, 0.5) is 0 Å². The van der Waals surface area contributed by atoms with Crippen LogP contribution in [0, 0.1) is 17.3 Å². The van der Waals surface area contributed by atoms with Gasteiger partial charge in [0.15, 0.2) is 0 Å². The van der Waals surface area contributed by atoms with E-state index in [4.69, 9.17) is 0 Å². The van der Waals surface area contributed by atoms with Gasteiger partial charge in [-0.2, -0.15) is 0 Å². The fourth-order valence-corrected chi connectivity index (χ4v) is 3.01. The largest absolute Gasteiger partial charge is 0.314 e. The normalized spacial score (nSPS) is 37.7. The fraction of sp³-hybridized carbons (Fsp3) is 0.857. The maximum absolute atomic E-state index is 12.6. The van der Waals surface area contributed by atoms with Crippen molar-refractivity contribution in [3.63, 3.8) is 0 Å². The Kier molecular flexibility index (Phi) is 3.49. The summed E-state index contributed by atoms with van der Waals surface area (Å²) in [6.45, 7) is 9.86. The maximum Gasteiger partial charge on any atom is 0.236 e. The first-order valence-corrected chi connectivity index (χ1v) is 6.93. The van der Waals surface area contributed by atoms with E-state index in [-0.39, 0.29) is 23.8 Å². The minimum Gasteiger partial charge on any atom is -0.314 e. The number of hydrogen-bond acceptors (Lipinski definition) is 3. The molecule has 0 aromatic carbocycles. The van der Waals surface area contributed by atoms with Crippen LogP contribution in [0.3, 0.4) is 0 Å². The zero-order valence-electron chi connectivity index (χ0n) is 11.8. The summed E-state index contributed by atoms with van der Waals surface area (Å²) >= 11 is 0. The highest BCUT2D eigenvalue weighted by Gasteiger charge is 2.52. The molecule has 0 bridgehead atoms. The molecule has 2 fully saturated rings. The molecule has 2 amide bonds. The monoisotopic (exact) mass is 252 g/mol. The Hall–Kier alpha value is -0.900. The van der Waals surface area contributed by atoms with E-state index in [0.717, 1.165) is 19.5 Å². The van der Waals surface area contributed by atoms with Crippen molar-refractivity contribution in [2.75, 3.05) is 13.1 Å². The molecule has 2 rings (SSSR count). The molecule has 0 aromatic heterocycles. The molecule has 1 N–H and O–H groups in total. The van der Waals surface area contributed by atoms with Gasteiger partial charge in [0, 0.05) is 13.0 Å². The van der Waals surface area contributed by atoms with Gasteiger partial charge in [-0.05, 0) is 31.7 Å². The number of amides is 2. The molecule has 0 radical (unpaired) electrons. The van der Waals surface area contributed by atoms with Gasteiger partial charge in [-0.15, -0.1) is 0 Å². The van der Waals surface area contributed by atoms with Gasteiger partial charge in [-0.1, -0.05) is 20.8 Å². The Labute approximate surface area is 109 Å². The second-order valence-corrected chi connectivity index (χ2v) is 6.47. The molecule has 18 heavy (non-hydrogen) atoms. The van der Waals surface area contributed by atoms with Crippen LogP contribution in [0.5, 0.6) is 0 Å². The van der Waals surface area contributed by atoms with Crippen LogP contribution in [0.25, 0.3) is 0 Å². The number of hydrogen-bond donors (Lipinski definition) is 1. The lowest BCUT2D eigenvalue weighted by molar-refractivity contribution is -0.145. The third-order valence-electron chi connectivity index (χ3n) is 4.68. The molecule has 3 atom stereocenters. The number of nitrogens with zero attached hydrogens (tertiary/aromatic N) is 1. The lowest BCUT2D eigenvalue weighted by Gasteiger charge is -2.35. The predicted octanol–water partition coefficient (Wildman–Crippen LogP) is 1.41. The molecular formula is C14H24N2O2. The van der Waals surface area contributed by atoms with Gasteiger partial charge in [0.05, 0.1) is 11.5 Å². The molecule has 4 nitrogen and oxygen atoms in total. The van der Waals surface area contributed by atoms with Crippen LogP contribution in [0.15, 0.2) is 0 Å². The van der Waals surface area contributed by atoms with Crippen molar-refractivity contribution in [3.05, 3.63) is 0 Å². The summed E-state index contributed by atoms with van der Waals surface area (Å²) in [6, 6.07) is 0.0503. The summed E-state index contributed by atoms with van der Waals surface area (Å²) < 4.78 is 0. The summed E-state index contributed by atoms with van der Waals surface area (Å²) in [5.41, 5.74) is -0.502. The highest BCUT2D eigenvalue weighted by atomic mass is 16.2. The Morgan fingerprint density at radius 2 is 2.00 bits per heavy atom. The van der Waals surface area contributed by atoms with Crippen molar-refractivity contribution in [2.24, 2.45) is 17.3 Å². The molecule has 4 heteroatoms. The van der Waals surface area contributed by atoms with E-state index < -0.39 is 5.41 Å². The molecule has 0 spiro atoms. The zero-order chi connectivity index (χ0) is 13.5. The topological polar surface area (TPSA) is 49.4 Å². The van der Waals surface area contributed by atoms with E-state index in [9.17, 15) is 9.59 Å². The van der Waals surface area contributed by atoms with Crippen LogP contribution < -0.4 is 5.32 Å². The lowest BCUT2D eigenvalue weighted by atomic mass is 9.77. The lowest BCUT2D eigenvalue weighted by Crippen LogP contribution is -2.52. The molecule has 2 aliphatic heterocycles. The summed E-state index contributed by atoms with van der Waals surface area (Å²) in [7, 11) is 0. The van der Waals surface area contributed by atoms with Crippen molar-refractivity contribution in [1.29, 1.82) is 0 Å². The molecule has 2 saturated heterocycles. The average molecular weight is 252 g/mol. The molecular weight excluding hydrogens is 228 g/mol. The highest BCUT2D eigenvalue weighted by Crippen LogP contribution is 2.40. The number of nitrogens with one attached hydrogen (secondary N) is 1. The SMILES string of the molecule is CC1CNCC(N2C(=O)CC(C)(C(C)C)C2=O)C1. The van der Waals surface area contributed by atoms with Gasteiger partial charge in [0.2, 0.25) is 11.8 Å². The maximum atomic E-state index is 12.6. The number of piperidine rings is 1. The van der Waals surface area contributed by atoms with Crippen LogP contribution in [-0.2, 0) is 9.59 Å². The predicted molar refractivity (Wildman–Crippen MR) is 69.9 cm³/mol. The first-order chi connectivity index (χ1) is 8.36. The average Bonchev–Trinajstić information content (AvgIpc) is 2.51. The summed E-state index contributed by atoms with van der Waals surface area (Å²) in [4.78, 5) is 26.3. The second-order valence-electron chi connectivity index (χ2n) is 6.47. The Bertz CT molecular complexity index is 367. The van der Waals surface area contributed by atoms with Gasteiger partial charge in [-0.3, -0.25) is 14.5 Å². The smallest absolute Gasteiger partial charge is 0.236 e. The number of imide groups is 1. The van der Waals surface area contributed by atoms with Crippen LogP contribution in [0.2, 0.25) is 0 Å². The molecule has 2 heterocycles. The van der Waals surface area contributed by atoms with Crippen LogP contribution >= 0.6 is 0 Å². The van der Waals surface area contributed by atoms with Gasteiger partial charge in [0.1, 0.15) is 0 Å². The summed E-state index contributed by atoms with van der Waals surface area (Å²) in [5, 5.41) is 3.31. The quantitative estimate of drug-likeness (QED) is 0.756. The van der Waals surface area contributed by atoms with E-state index in [1.807, 2.05) is 20.8 Å². The van der Waals surface area contributed by atoms with E-state index in [0.29, 0.717) is 12.3 Å².